The van der Waals surface area contributed by atoms with Crippen LogP contribution >= 0.6 is 0 Å². The lowest BCUT2D eigenvalue weighted by Gasteiger charge is -2.32. The molecule has 0 aromatic carbocycles. The maximum atomic E-state index is 12.7. The standard InChI is InChI=1S/C20H19F3N10O/c21-20(22,23)14-1-3-18(24-9-14)31-7-5-16(6-8-31)33-27-10-15(28-33)12-34-17-2-4-19(25-11-17)32-13-26-29-30-32/h1-4,9-11,13,16H,5-8,12H2. The molecule has 5 heterocycles. The molecule has 0 spiro atoms. The number of hydrogen-bond acceptors (Lipinski definition) is 9. The van der Waals surface area contributed by atoms with E-state index < -0.39 is 11.7 Å². The molecule has 1 aliphatic rings. The fraction of sp³-hybridized carbons (Fsp3) is 0.350. The normalized spacial score (nSPS) is 15.0. The molecule has 0 radical (unpaired) electrons. The van der Waals surface area contributed by atoms with Gasteiger partial charge in [0.05, 0.1) is 24.0 Å². The first kappa shape index (κ1) is 21.7. The number of piperidine rings is 1. The molecule has 0 bridgehead atoms. The van der Waals surface area contributed by atoms with Crippen LogP contribution in [0.15, 0.2) is 49.2 Å². The Kier molecular flexibility index (Phi) is 5.77. The van der Waals surface area contributed by atoms with Gasteiger partial charge < -0.3 is 9.64 Å². The highest BCUT2D eigenvalue weighted by molar-refractivity contribution is 5.40. The van der Waals surface area contributed by atoms with E-state index in [-0.39, 0.29) is 12.6 Å². The van der Waals surface area contributed by atoms with E-state index in [4.69, 9.17) is 4.74 Å². The second-order valence-electron chi connectivity index (χ2n) is 7.67. The molecule has 176 valence electrons. The van der Waals surface area contributed by atoms with Gasteiger partial charge in [0.15, 0.2) is 5.82 Å². The lowest BCUT2D eigenvalue weighted by atomic mass is 10.1. The van der Waals surface area contributed by atoms with Gasteiger partial charge in [-0.05, 0) is 47.5 Å². The molecule has 34 heavy (non-hydrogen) atoms. The van der Waals surface area contributed by atoms with Crippen molar-refractivity contribution < 1.29 is 17.9 Å². The number of halogens is 3. The van der Waals surface area contributed by atoms with E-state index in [1.807, 2.05) is 4.90 Å². The van der Waals surface area contributed by atoms with Crippen LogP contribution in [0.2, 0.25) is 0 Å². The molecule has 0 atom stereocenters. The zero-order valence-corrected chi connectivity index (χ0v) is 17.7. The first-order valence-electron chi connectivity index (χ1n) is 10.5. The fourth-order valence-corrected chi connectivity index (χ4v) is 3.63. The number of ether oxygens (including phenoxy) is 1. The average Bonchev–Trinajstić information content (AvgIpc) is 3.56. The highest BCUT2D eigenvalue weighted by Crippen LogP contribution is 2.30. The summed E-state index contributed by atoms with van der Waals surface area (Å²) in [6, 6.07) is 6.07. The van der Waals surface area contributed by atoms with Gasteiger partial charge in [0, 0.05) is 19.3 Å². The SMILES string of the molecule is FC(F)(F)c1ccc(N2CCC(n3ncc(COc4ccc(-n5cnnn5)nc4)n3)CC2)nc1. The van der Waals surface area contributed by atoms with Gasteiger partial charge in [-0.1, -0.05) is 0 Å². The molecule has 0 N–H and O–H groups in total. The predicted molar refractivity (Wildman–Crippen MR) is 111 cm³/mol. The van der Waals surface area contributed by atoms with Gasteiger partial charge in [-0.15, -0.1) is 5.10 Å². The van der Waals surface area contributed by atoms with Crippen molar-refractivity contribution in [2.24, 2.45) is 0 Å². The number of aromatic nitrogens is 9. The van der Waals surface area contributed by atoms with Crippen molar-refractivity contribution in [3.63, 3.8) is 0 Å². The van der Waals surface area contributed by atoms with Gasteiger partial charge in [-0.3, -0.25) is 0 Å². The van der Waals surface area contributed by atoms with E-state index in [2.05, 4.69) is 35.7 Å². The Bertz CT molecular complexity index is 1200. The summed E-state index contributed by atoms with van der Waals surface area (Å²) < 4.78 is 45.4. The van der Waals surface area contributed by atoms with Gasteiger partial charge in [-0.25, -0.2) is 9.97 Å². The van der Waals surface area contributed by atoms with Crippen molar-refractivity contribution in [2.75, 3.05) is 18.0 Å². The highest BCUT2D eigenvalue weighted by atomic mass is 19.4. The Labute approximate surface area is 191 Å². The molecule has 1 saturated heterocycles. The lowest BCUT2D eigenvalue weighted by Crippen LogP contribution is -2.35. The molecule has 0 saturated carbocycles. The van der Waals surface area contributed by atoms with Crippen LogP contribution in [0.5, 0.6) is 5.75 Å². The van der Waals surface area contributed by atoms with Gasteiger partial charge in [0.1, 0.15) is 30.2 Å². The minimum atomic E-state index is -4.39. The smallest absolute Gasteiger partial charge is 0.417 e. The van der Waals surface area contributed by atoms with Crippen molar-refractivity contribution in [2.45, 2.75) is 31.7 Å². The Morgan fingerprint density at radius 3 is 2.41 bits per heavy atom. The van der Waals surface area contributed by atoms with E-state index in [0.717, 1.165) is 25.1 Å². The minimum Gasteiger partial charge on any atom is -0.486 e. The number of rotatable bonds is 6. The van der Waals surface area contributed by atoms with Crippen molar-refractivity contribution in [1.29, 1.82) is 0 Å². The van der Waals surface area contributed by atoms with Crippen molar-refractivity contribution >= 4 is 5.82 Å². The summed E-state index contributed by atoms with van der Waals surface area (Å²) in [7, 11) is 0. The lowest BCUT2D eigenvalue weighted by molar-refractivity contribution is -0.137. The Morgan fingerprint density at radius 1 is 0.971 bits per heavy atom. The predicted octanol–water partition coefficient (Wildman–Crippen LogP) is 2.48. The average molecular weight is 472 g/mol. The van der Waals surface area contributed by atoms with Gasteiger partial charge in [0.2, 0.25) is 0 Å². The second-order valence-corrected chi connectivity index (χ2v) is 7.67. The monoisotopic (exact) mass is 472 g/mol. The van der Waals surface area contributed by atoms with Crippen LogP contribution in [-0.4, -0.2) is 58.3 Å². The molecular weight excluding hydrogens is 453 g/mol. The van der Waals surface area contributed by atoms with Crippen molar-refractivity contribution in [3.8, 4) is 11.6 Å². The summed E-state index contributed by atoms with van der Waals surface area (Å²) in [5, 5.41) is 19.8. The number of alkyl halides is 3. The third-order valence-corrected chi connectivity index (χ3v) is 5.44. The summed E-state index contributed by atoms with van der Waals surface area (Å²) >= 11 is 0. The molecule has 4 aromatic rings. The van der Waals surface area contributed by atoms with Crippen molar-refractivity contribution in [3.05, 3.63) is 60.4 Å². The molecule has 11 nitrogen and oxygen atoms in total. The van der Waals surface area contributed by atoms with Crippen LogP contribution in [0.4, 0.5) is 19.0 Å². The highest BCUT2D eigenvalue weighted by Gasteiger charge is 2.31. The van der Waals surface area contributed by atoms with Crippen molar-refractivity contribution in [1.82, 2.24) is 45.2 Å². The number of hydrogen-bond donors (Lipinski definition) is 0. The molecule has 5 rings (SSSR count). The largest absolute Gasteiger partial charge is 0.486 e. The van der Waals surface area contributed by atoms with Crippen LogP contribution < -0.4 is 9.64 Å². The van der Waals surface area contributed by atoms with Gasteiger partial charge >= 0.3 is 6.18 Å². The molecule has 1 fully saturated rings. The van der Waals surface area contributed by atoms with Crippen LogP contribution in [0.1, 0.15) is 30.1 Å². The number of anilines is 1. The topological polar surface area (TPSA) is 113 Å². The summed E-state index contributed by atoms with van der Waals surface area (Å²) in [6.45, 7) is 1.53. The first-order valence-corrected chi connectivity index (χ1v) is 10.5. The maximum absolute atomic E-state index is 12.7. The summed E-state index contributed by atoms with van der Waals surface area (Å²) in [6.07, 6.45) is 2.67. The van der Waals surface area contributed by atoms with E-state index >= 15 is 0 Å². The number of nitrogens with zero attached hydrogens (tertiary/aromatic N) is 10. The molecular formula is C20H19F3N10O. The number of tetrazole rings is 1. The van der Waals surface area contributed by atoms with Gasteiger partial charge in [0.25, 0.3) is 0 Å². The molecule has 1 aliphatic heterocycles. The van der Waals surface area contributed by atoms with Gasteiger partial charge in [-0.2, -0.15) is 32.8 Å². The fourth-order valence-electron chi connectivity index (χ4n) is 3.63. The summed E-state index contributed by atoms with van der Waals surface area (Å²) in [5.41, 5.74) is -0.0720. The first-order chi connectivity index (χ1) is 16.5. The maximum Gasteiger partial charge on any atom is 0.417 e. The second kappa shape index (κ2) is 9.03. The van der Waals surface area contributed by atoms with E-state index in [9.17, 15) is 13.2 Å². The Hall–Kier alpha value is -4.10. The third kappa shape index (κ3) is 4.79. The van der Waals surface area contributed by atoms with Crippen LogP contribution in [0.3, 0.4) is 0 Å². The van der Waals surface area contributed by atoms with E-state index in [0.29, 0.717) is 36.2 Å². The van der Waals surface area contributed by atoms with Crippen LogP contribution in [0, 0.1) is 0 Å². The van der Waals surface area contributed by atoms with E-state index in [1.54, 1.807) is 29.3 Å². The Morgan fingerprint density at radius 2 is 1.76 bits per heavy atom. The third-order valence-electron chi connectivity index (χ3n) is 5.44. The van der Waals surface area contributed by atoms with Crippen LogP contribution in [-0.2, 0) is 12.8 Å². The molecule has 0 amide bonds. The molecule has 0 unspecified atom stereocenters. The quantitative estimate of drug-likeness (QED) is 0.418. The Balaban J connectivity index is 1.13. The summed E-state index contributed by atoms with van der Waals surface area (Å²) in [5.74, 6) is 1.68. The zero-order chi connectivity index (χ0) is 23.5. The minimum absolute atomic E-state index is 0.0942. The number of pyridine rings is 2. The van der Waals surface area contributed by atoms with Crippen LogP contribution in [0.25, 0.3) is 5.82 Å². The van der Waals surface area contributed by atoms with E-state index in [1.165, 1.54) is 17.1 Å². The molecule has 0 aliphatic carbocycles. The molecule has 14 heteroatoms. The summed E-state index contributed by atoms with van der Waals surface area (Å²) in [4.78, 5) is 11.9. The molecule has 4 aromatic heterocycles. The zero-order valence-electron chi connectivity index (χ0n) is 17.7.